The zero-order chi connectivity index (χ0) is 13.8. The minimum Gasteiger partial charge on any atom is -0.311 e. The number of anilines is 3. The van der Waals surface area contributed by atoms with Crippen LogP contribution in [0.3, 0.4) is 0 Å². The van der Waals surface area contributed by atoms with E-state index >= 15 is 0 Å². The summed E-state index contributed by atoms with van der Waals surface area (Å²) in [6, 6.07) is 29.5. The summed E-state index contributed by atoms with van der Waals surface area (Å²) in [6.07, 6.45) is 0. The van der Waals surface area contributed by atoms with Crippen molar-refractivity contribution in [1.29, 1.82) is 0 Å². The molecule has 98 valence electrons. The molecule has 0 amide bonds. The van der Waals surface area contributed by atoms with Gasteiger partial charge in [0.05, 0.1) is 0 Å². The Bertz CT molecular complexity index is 623. The minimum atomic E-state index is 1.17. The van der Waals surface area contributed by atoms with Crippen molar-refractivity contribution < 1.29 is 0 Å². The number of halogens is 1. The van der Waals surface area contributed by atoms with E-state index in [2.05, 4.69) is 100 Å². The molecular weight excluding hydrogens is 357 g/mol. The van der Waals surface area contributed by atoms with Gasteiger partial charge >= 0.3 is 0 Å². The maximum absolute atomic E-state index is 2.33. The molecule has 0 atom stereocenters. The molecule has 0 bridgehead atoms. The normalized spacial score (nSPS) is 10.2. The Balaban J connectivity index is 2.11. The highest BCUT2D eigenvalue weighted by atomic mass is 127. The Morgan fingerprint density at radius 1 is 0.500 bits per heavy atom. The van der Waals surface area contributed by atoms with Crippen LogP contribution in [-0.2, 0) is 0 Å². The lowest BCUT2D eigenvalue weighted by molar-refractivity contribution is 1.28. The van der Waals surface area contributed by atoms with Crippen LogP contribution in [0.15, 0.2) is 84.9 Å². The first-order chi connectivity index (χ1) is 9.84. The average Bonchev–Trinajstić information content (AvgIpc) is 2.52. The molecule has 0 N–H and O–H groups in total. The molecule has 0 saturated heterocycles. The molecule has 0 unspecified atom stereocenters. The molecule has 0 aliphatic carbocycles. The summed E-state index contributed by atoms with van der Waals surface area (Å²) in [5.41, 5.74) is 3.50. The third kappa shape index (κ3) is 2.85. The van der Waals surface area contributed by atoms with Gasteiger partial charge in [-0.25, -0.2) is 0 Å². The molecule has 1 nitrogen and oxygen atoms in total. The summed E-state index contributed by atoms with van der Waals surface area (Å²) in [7, 11) is 0. The van der Waals surface area contributed by atoms with Gasteiger partial charge in [-0.3, -0.25) is 0 Å². The second-order valence-corrected chi connectivity index (χ2v) is 5.73. The van der Waals surface area contributed by atoms with Crippen LogP contribution in [0.2, 0.25) is 0 Å². The van der Waals surface area contributed by atoms with Gasteiger partial charge in [-0.15, -0.1) is 0 Å². The Hall–Kier alpha value is -1.81. The van der Waals surface area contributed by atoms with E-state index in [-0.39, 0.29) is 0 Å². The zero-order valence-electron chi connectivity index (χ0n) is 10.9. The summed E-state index contributed by atoms with van der Waals surface area (Å²) in [4.78, 5) is 2.26. The first-order valence-electron chi connectivity index (χ1n) is 6.50. The van der Waals surface area contributed by atoms with Crippen LogP contribution in [0.5, 0.6) is 0 Å². The molecule has 0 aliphatic rings. The molecule has 0 aliphatic heterocycles. The lowest BCUT2D eigenvalue weighted by Gasteiger charge is -2.25. The van der Waals surface area contributed by atoms with Crippen molar-refractivity contribution in [1.82, 2.24) is 0 Å². The first kappa shape index (κ1) is 13.2. The molecule has 0 saturated carbocycles. The van der Waals surface area contributed by atoms with Crippen LogP contribution in [-0.4, -0.2) is 0 Å². The Morgan fingerprint density at radius 2 is 0.900 bits per heavy atom. The van der Waals surface area contributed by atoms with Crippen LogP contribution in [0.4, 0.5) is 17.1 Å². The van der Waals surface area contributed by atoms with Crippen molar-refractivity contribution in [3.63, 3.8) is 0 Å². The molecule has 3 aromatic rings. The van der Waals surface area contributed by atoms with E-state index in [0.717, 1.165) is 0 Å². The molecular formula is C18H14IN. The van der Waals surface area contributed by atoms with Gasteiger partial charge in [-0.1, -0.05) is 36.4 Å². The summed E-state index contributed by atoms with van der Waals surface area (Å²) in [5.74, 6) is 0. The molecule has 3 aromatic carbocycles. The van der Waals surface area contributed by atoms with Crippen LogP contribution >= 0.6 is 22.6 Å². The maximum Gasteiger partial charge on any atom is 0.0462 e. The predicted octanol–water partition coefficient (Wildman–Crippen LogP) is 5.76. The van der Waals surface area contributed by atoms with Crippen molar-refractivity contribution in [2.75, 3.05) is 4.90 Å². The second kappa shape index (κ2) is 6.09. The van der Waals surface area contributed by atoms with Crippen LogP contribution in [0, 0.1) is 3.57 Å². The maximum atomic E-state index is 2.33. The van der Waals surface area contributed by atoms with E-state index in [9.17, 15) is 0 Å². The van der Waals surface area contributed by atoms with E-state index < -0.39 is 0 Å². The summed E-state index contributed by atoms with van der Waals surface area (Å²) >= 11 is 2.33. The average molecular weight is 371 g/mol. The minimum absolute atomic E-state index is 1.17. The van der Waals surface area contributed by atoms with Gasteiger partial charge in [0.15, 0.2) is 0 Å². The molecule has 0 spiro atoms. The Kier molecular flexibility index (Phi) is 4.02. The van der Waals surface area contributed by atoms with Crippen LogP contribution in [0.1, 0.15) is 0 Å². The number of nitrogens with zero attached hydrogens (tertiary/aromatic N) is 1. The smallest absolute Gasteiger partial charge is 0.0462 e. The van der Waals surface area contributed by atoms with E-state index in [1.165, 1.54) is 20.6 Å². The van der Waals surface area contributed by atoms with Gasteiger partial charge in [0.25, 0.3) is 0 Å². The summed E-state index contributed by atoms with van der Waals surface area (Å²) in [5, 5.41) is 0. The Morgan fingerprint density at radius 3 is 1.35 bits per heavy atom. The lowest BCUT2D eigenvalue weighted by atomic mass is 10.2. The van der Waals surface area contributed by atoms with Gasteiger partial charge in [-0.05, 0) is 71.1 Å². The van der Waals surface area contributed by atoms with E-state index in [4.69, 9.17) is 0 Å². The van der Waals surface area contributed by atoms with Crippen molar-refractivity contribution in [2.24, 2.45) is 0 Å². The molecule has 0 heterocycles. The Labute approximate surface area is 133 Å². The molecule has 2 heteroatoms. The van der Waals surface area contributed by atoms with Crippen LogP contribution < -0.4 is 4.90 Å². The highest BCUT2D eigenvalue weighted by Gasteiger charge is 2.10. The molecule has 20 heavy (non-hydrogen) atoms. The fourth-order valence-electron chi connectivity index (χ4n) is 2.19. The summed E-state index contributed by atoms with van der Waals surface area (Å²) < 4.78 is 1.24. The number of hydrogen-bond acceptors (Lipinski definition) is 1. The van der Waals surface area contributed by atoms with E-state index in [1.807, 2.05) is 12.1 Å². The monoisotopic (exact) mass is 371 g/mol. The predicted molar refractivity (Wildman–Crippen MR) is 93.8 cm³/mol. The van der Waals surface area contributed by atoms with Gasteiger partial charge in [0.2, 0.25) is 0 Å². The summed E-state index contributed by atoms with van der Waals surface area (Å²) in [6.45, 7) is 0. The number of benzene rings is 3. The van der Waals surface area contributed by atoms with Crippen molar-refractivity contribution >= 4 is 39.7 Å². The lowest BCUT2D eigenvalue weighted by Crippen LogP contribution is -2.09. The fraction of sp³-hybridized carbons (Fsp3) is 0. The second-order valence-electron chi connectivity index (χ2n) is 4.48. The van der Waals surface area contributed by atoms with Crippen molar-refractivity contribution in [2.45, 2.75) is 0 Å². The van der Waals surface area contributed by atoms with Gasteiger partial charge in [0, 0.05) is 20.6 Å². The van der Waals surface area contributed by atoms with Gasteiger partial charge in [-0.2, -0.15) is 0 Å². The third-order valence-corrected chi connectivity index (χ3v) is 3.83. The van der Waals surface area contributed by atoms with Crippen molar-refractivity contribution in [3.05, 3.63) is 88.5 Å². The number of rotatable bonds is 3. The number of hydrogen-bond donors (Lipinski definition) is 0. The molecule has 0 aromatic heterocycles. The third-order valence-electron chi connectivity index (χ3n) is 3.11. The standard InChI is InChI=1S/C18H14IN/c19-15-11-13-18(14-12-15)20(16-7-3-1-4-8-16)17-9-5-2-6-10-17/h1-14H. The molecule has 3 rings (SSSR count). The zero-order valence-corrected chi connectivity index (χ0v) is 13.1. The quantitative estimate of drug-likeness (QED) is 0.529. The van der Waals surface area contributed by atoms with Gasteiger partial charge in [0.1, 0.15) is 0 Å². The first-order valence-corrected chi connectivity index (χ1v) is 7.58. The largest absolute Gasteiger partial charge is 0.311 e. The number of para-hydroxylation sites is 2. The van der Waals surface area contributed by atoms with Gasteiger partial charge < -0.3 is 4.90 Å². The highest BCUT2D eigenvalue weighted by Crippen LogP contribution is 2.33. The van der Waals surface area contributed by atoms with Crippen molar-refractivity contribution in [3.8, 4) is 0 Å². The topological polar surface area (TPSA) is 3.24 Å². The fourth-order valence-corrected chi connectivity index (χ4v) is 2.55. The van der Waals surface area contributed by atoms with E-state index in [0.29, 0.717) is 0 Å². The highest BCUT2D eigenvalue weighted by molar-refractivity contribution is 14.1. The van der Waals surface area contributed by atoms with Crippen LogP contribution in [0.25, 0.3) is 0 Å². The SMILES string of the molecule is Ic1ccc(N(c2ccccc2)c2ccccc2)cc1. The van der Waals surface area contributed by atoms with E-state index in [1.54, 1.807) is 0 Å². The molecule has 0 radical (unpaired) electrons. The molecule has 0 fully saturated rings.